The number of aryl methyl sites for hydroxylation is 3. The van der Waals surface area contributed by atoms with Gasteiger partial charge in [0.25, 0.3) is 5.91 Å². The Labute approximate surface area is 172 Å². The van der Waals surface area contributed by atoms with Crippen LogP contribution in [-0.2, 0) is 19.9 Å². The smallest absolute Gasteiger partial charge is 0.255 e. The molecule has 28 heavy (non-hydrogen) atoms. The number of hydrogen-bond acceptors (Lipinski definition) is 2. The van der Waals surface area contributed by atoms with E-state index in [1.165, 1.54) is 0 Å². The summed E-state index contributed by atoms with van der Waals surface area (Å²) < 4.78 is 3.09. The van der Waals surface area contributed by atoms with E-state index in [4.69, 9.17) is 4.98 Å². The van der Waals surface area contributed by atoms with E-state index >= 15 is 0 Å². The van der Waals surface area contributed by atoms with Crippen molar-refractivity contribution in [3.05, 3.63) is 94.2 Å². The molecule has 0 aliphatic carbocycles. The summed E-state index contributed by atoms with van der Waals surface area (Å²) >= 11 is 3.39. The molecule has 0 spiro atoms. The highest BCUT2D eigenvalue weighted by molar-refractivity contribution is 9.10. The molecule has 1 N–H and O–H groups in total. The number of amides is 1. The van der Waals surface area contributed by atoms with Gasteiger partial charge in [0.05, 0.1) is 11.0 Å². The quantitative estimate of drug-likeness (QED) is 0.459. The summed E-state index contributed by atoms with van der Waals surface area (Å²) in [6.07, 6.45) is 1.60. The van der Waals surface area contributed by atoms with Crippen molar-refractivity contribution in [1.82, 2.24) is 9.55 Å². The average Bonchev–Trinajstić information content (AvgIpc) is 3.04. The van der Waals surface area contributed by atoms with Crippen molar-refractivity contribution in [2.75, 3.05) is 5.32 Å². The topological polar surface area (TPSA) is 46.9 Å². The van der Waals surface area contributed by atoms with Gasteiger partial charge in [0, 0.05) is 29.2 Å². The predicted octanol–water partition coefficient (Wildman–Crippen LogP) is 5.37. The first-order valence-corrected chi connectivity index (χ1v) is 9.96. The van der Waals surface area contributed by atoms with Crippen LogP contribution in [-0.4, -0.2) is 15.5 Å². The van der Waals surface area contributed by atoms with Crippen LogP contribution in [0.25, 0.3) is 11.0 Å². The van der Waals surface area contributed by atoms with E-state index < -0.39 is 0 Å². The number of carbonyl (C=O) groups is 1. The number of nitrogens with zero attached hydrogens (tertiary/aromatic N) is 2. The molecule has 0 bridgehead atoms. The molecule has 4 nitrogen and oxygen atoms in total. The second-order valence-corrected chi connectivity index (χ2v) is 7.61. The number of para-hydroxylation sites is 3. The van der Waals surface area contributed by atoms with Crippen LogP contribution < -0.4 is 5.32 Å². The fraction of sp³-hybridized carbons (Fsp3) is 0.130. The molecule has 5 heteroatoms. The Morgan fingerprint density at radius 1 is 0.964 bits per heavy atom. The minimum atomic E-state index is -0.109. The molecule has 1 amide bonds. The first kappa shape index (κ1) is 18.4. The standard InChI is InChI=1S/C23H20BrN3O/c1-27-21-9-5-4-8-20(21)25-22(27)15-12-16-6-2-3-7-19(16)26-23(28)17-10-13-18(24)14-11-17/h2-11,13-14H,12,15H2,1H3,(H,26,28). The van der Waals surface area contributed by atoms with Crippen LogP contribution in [0.1, 0.15) is 21.7 Å². The van der Waals surface area contributed by atoms with Crippen molar-refractivity contribution in [2.45, 2.75) is 12.8 Å². The fourth-order valence-electron chi connectivity index (χ4n) is 3.32. The zero-order valence-electron chi connectivity index (χ0n) is 15.5. The molecule has 0 aliphatic heterocycles. The van der Waals surface area contributed by atoms with Crippen LogP contribution in [0, 0.1) is 0 Å². The van der Waals surface area contributed by atoms with Crippen molar-refractivity contribution in [3.63, 3.8) is 0 Å². The molecule has 0 saturated heterocycles. The summed E-state index contributed by atoms with van der Waals surface area (Å²) in [4.78, 5) is 17.3. The Balaban J connectivity index is 1.52. The third-order valence-corrected chi connectivity index (χ3v) is 5.40. The maximum atomic E-state index is 12.6. The number of hydrogen-bond donors (Lipinski definition) is 1. The highest BCUT2D eigenvalue weighted by atomic mass is 79.9. The van der Waals surface area contributed by atoms with Crippen LogP contribution in [0.2, 0.25) is 0 Å². The van der Waals surface area contributed by atoms with Crippen LogP contribution in [0.3, 0.4) is 0 Å². The van der Waals surface area contributed by atoms with Gasteiger partial charge in [-0.05, 0) is 54.4 Å². The molecular formula is C23H20BrN3O. The Bertz CT molecular complexity index is 1130. The van der Waals surface area contributed by atoms with Crippen molar-refractivity contribution in [3.8, 4) is 0 Å². The van der Waals surface area contributed by atoms with Gasteiger partial charge in [0.1, 0.15) is 5.82 Å². The lowest BCUT2D eigenvalue weighted by Gasteiger charge is -2.11. The summed E-state index contributed by atoms with van der Waals surface area (Å²) in [6.45, 7) is 0. The summed E-state index contributed by atoms with van der Waals surface area (Å²) in [7, 11) is 2.05. The molecule has 1 heterocycles. The molecule has 4 aromatic rings. The first-order valence-electron chi connectivity index (χ1n) is 9.17. The lowest BCUT2D eigenvalue weighted by atomic mass is 10.1. The van der Waals surface area contributed by atoms with Crippen molar-refractivity contribution in [2.24, 2.45) is 7.05 Å². The minimum Gasteiger partial charge on any atom is -0.331 e. The maximum absolute atomic E-state index is 12.6. The molecule has 0 atom stereocenters. The zero-order chi connectivity index (χ0) is 19.5. The van der Waals surface area contributed by atoms with Gasteiger partial charge in [-0.15, -0.1) is 0 Å². The van der Waals surface area contributed by atoms with Gasteiger partial charge in [-0.2, -0.15) is 0 Å². The van der Waals surface area contributed by atoms with E-state index in [2.05, 4.69) is 37.9 Å². The highest BCUT2D eigenvalue weighted by Gasteiger charge is 2.11. The number of aromatic nitrogens is 2. The monoisotopic (exact) mass is 433 g/mol. The number of fused-ring (bicyclic) bond motifs is 1. The second kappa shape index (κ2) is 7.98. The van der Waals surface area contributed by atoms with E-state index in [1.54, 1.807) is 0 Å². The Kier molecular flexibility index (Phi) is 5.26. The van der Waals surface area contributed by atoms with Crippen LogP contribution in [0.15, 0.2) is 77.3 Å². The van der Waals surface area contributed by atoms with Crippen molar-refractivity contribution < 1.29 is 4.79 Å². The molecule has 0 aliphatic rings. The average molecular weight is 434 g/mol. The number of rotatable bonds is 5. The SMILES string of the molecule is Cn1c(CCc2ccccc2NC(=O)c2ccc(Br)cc2)nc2ccccc21. The van der Waals surface area contributed by atoms with E-state index in [-0.39, 0.29) is 5.91 Å². The number of nitrogens with one attached hydrogen (secondary N) is 1. The summed E-state index contributed by atoms with van der Waals surface area (Å²) in [6, 6.07) is 23.4. The van der Waals surface area contributed by atoms with Gasteiger partial charge in [-0.25, -0.2) is 4.98 Å². The zero-order valence-corrected chi connectivity index (χ0v) is 17.1. The summed E-state index contributed by atoms with van der Waals surface area (Å²) in [5, 5.41) is 3.04. The largest absolute Gasteiger partial charge is 0.331 e. The fourth-order valence-corrected chi connectivity index (χ4v) is 3.59. The summed E-state index contributed by atoms with van der Waals surface area (Å²) in [5.41, 5.74) is 4.72. The lowest BCUT2D eigenvalue weighted by molar-refractivity contribution is 0.102. The van der Waals surface area contributed by atoms with E-state index in [1.807, 2.05) is 67.7 Å². The van der Waals surface area contributed by atoms with Crippen LogP contribution in [0.4, 0.5) is 5.69 Å². The number of benzene rings is 3. The number of anilines is 1. The lowest BCUT2D eigenvalue weighted by Crippen LogP contribution is -2.13. The van der Waals surface area contributed by atoms with Gasteiger partial charge in [-0.3, -0.25) is 4.79 Å². The molecule has 0 unspecified atom stereocenters. The van der Waals surface area contributed by atoms with Gasteiger partial charge in [0.2, 0.25) is 0 Å². The first-order chi connectivity index (χ1) is 13.6. The normalized spacial score (nSPS) is 10.9. The molecule has 3 aromatic carbocycles. The van der Waals surface area contributed by atoms with Gasteiger partial charge in [-0.1, -0.05) is 46.3 Å². The van der Waals surface area contributed by atoms with Gasteiger partial charge in [0.15, 0.2) is 0 Å². The Morgan fingerprint density at radius 3 is 2.46 bits per heavy atom. The van der Waals surface area contributed by atoms with Crippen molar-refractivity contribution in [1.29, 1.82) is 0 Å². The predicted molar refractivity (Wildman–Crippen MR) is 117 cm³/mol. The molecule has 0 radical (unpaired) electrons. The third-order valence-electron chi connectivity index (χ3n) is 4.87. The Hall–Kier alpha value is -2.92. The third kappa shape index (κ3) is 3.85. The number of imidazole rings is 1. The van der Waals surface area contributed by atoms with E-state index in [0.29, 0.717) is 5.56 Å². The van der Waals surface area contributed by atoms with Crippen molar-refractivity contribution >= 4 is 38.6 Å². The van der Waals surface area contributed by atoms with Crippen LogP contribution in [0.5, 0.6) is 0 Å². The Morgan fingerprint density at radius 2 is 1.68 bits per heavy atom. The molecule has 4 rings (SSSR count). The molecular weight excluding hydrogens is 414 g/mol. The second-order valence-electron chi connectivity index (χ2n) is 6.69. The number of halogens is 1. The highest BCUT2D eigenvalue weighted by Crippen LogP contribution is 2.21. The van der Waals surface area contributed by atoms with E-state index in [0.717, 1.165) is 45.4 Å². The summed E-state index contributed by atoms with van der Waals surface area (Å²) in [5.74, 6) is 0.929. The molecule has 1 aromatic heterocycles. The van der Waals surface area contributed by atoms with E-state index in [9.17, 15) is 4.79 Å². The molecule has 0 fully saturated rings. The number of carbonyl (C=O) groups excluding carboxylic acids is 1. The van der Waals surface area contributed by atoms with Gasteiger partial charge >= 0.3 is 0 Å². The van der Waals surface area contributed by atoms with Gasteiger partial charge < -0.3 is 9.88 Å². The molecule has 0 saturated carbocycles. The maximum Gasteiger partial charge on any atom is 0.255 e. The minimum absolute atomic E-state index is 0.109. The van der Waals surface area contributed by atoms with Crippen LogP contribution >= 0.6 is 15.9 Å². The molecule has 140 valence electrons.